The summed E-state index contributed by atoms with van der Waals surface area (Å²) in [7, 11) is 0. The molecule has 0 aliphatic carbocycles. The smallest absolute Gasteiger partial charge is 0.0610 e. The van der Waals surface area contributed by atoms with Crippen LogP contribution in [0.4, 0.5) is 0 Å². The predicted molar refractivity (Wildman–Crippen MR) is 80.0 cm³/mol. The van der Waals surface area contributed by atoms with Crippen LogP contribution in [0.3, 0.4) is 0 Å². The van der Waals surface area contributed by atoms with Gasteiger partial charge in [0.15, 0.2) is 0 Å². The van der Waals surface area contributed by atoms with E-state index in [1.807, 2.05) is 0 Å². The van der Waals surface area contributed by atoms with E-state index < -0.39 is 0 Å². The van der Waals surface area contributed by atoms with Crippen molar-refractivity contribution in [2.24, 2.45) is 5.92 Å². The van der Waals surface area contributed by atoms with Gasteiger partial charge >= 0.3 is 0 Å². The Morgan fingerprint density at radius 3 is 2.39 bits per heavy atom. The minimum Gasteiger partial charge on any atom is -0.394 e. The maximum atomic E-state index is 9.45. The number of aliphatic hydroxyl groups is 1. The van der Waals surface area contributed by atoms with Crippen LogP contribution < -0.4 is 5.32 Å². The van der Waals surface area contributed by atoms with Crippen LogP contribution in [0, 0.1) is 5.92 Å². The van der Waals surface area contributed by atoms with E-state index in [0.29, 0.717) is 0 Å². The molecule has 3 nitrogen and oxygen atoms in total. The summed E-state index contributed by atoms with van der Waals surface area (Å²) in [6.07, 6.45) is 3.44. The number of nitrogens with one attached hydrogen (secondary N) is 1. The van der Waals surface area contributed by atoms with E-state index >= 15 is 0 Å². The highest BCUT2D eigenvalue weighted by Gasteiger charge is 2.21. The number of nitrogens with zero attached hydrogens (tertiary/aromatic N) is 1. The first kappa shape index (κ1) is 17.9. The first-order valence-corrected chi connectivity index (χ1v) is 7.59. The second-order valence-electron chi connectivity index (χ2n) is 5.76. The summed E-state index contributed by atoms with van der Waals surface area (Å²) in [4.78, 5) is 2.53. The molecule has 0 aliphatic heterocycles. The van der Waals surface area contributed by atoms with Crippen molar-refractivity contribution in [1.29, 1.82) is 0 Å². The molecule has 0 radical (unpaired) electrons. The van der Waals surface area contributed by atoms with Gasteiger partial charge in [0, 0.05) is 12.1 Å². The van der Waals surface area contributed by atoms with E-state index in [2.05, 4.69) is 44.8 Å². The average molecular weight is 258 g/mol. The maximum absolute atomic E-state index is 9.45. The molecule has 110 valence electrons. The molecule has 2 unspecified atom stereocenters. The van der Waals surface area contributed by atoms with Crippen molar-refractivity contribution < 1.29 is 5.11 Å². The fraction of sp³-hybridized carbons (Fsp3) is 1.00. The van der Waals surface area contributed by atoms with Crippen LogP contribution in [0.2, 0.25) is 0 Å². The summed E-state index contributed by atoms with van der Waals surface area (Å²) < 4.78 is 0. The van der Waals surface area contributed by atoms with Crippen LogP contribution >= 0.6 is 0 Å². The van der Waals surface area contributed by atoms with E-state index in [0.717, 1.165) is 38.4 Å². The van der Waals surface area contributed by atoms with Gasteiger partial charge in [0.25, 0.3) is 0 Å². The lowest BCUT2D eigenvalue weighted by atomic mass is 9.96. The molecule has 0 aromatic carbocycles. The van der Waals surface area contributed by atoms with Crippen LogP contribution in [0.15, 0.2) is 0 Å². The molecule has 0 heterocycles. The lowest BCUT2D eigenvalue weighted by Gasteiger charge is -2.30. The van der Waals surface area contributed by atoms with Crippen molar-refractivity contribution in [3.05, 3.63) is 0 Å². The first-order chi connectivity index (χ1) is 8.51. The Morgan fingerprint density at radius 1 is 1.28 bits per heavy atom. The fourth-order valence-electron chi connectivity index (χ4n) is 2.29. The van der Waals surface area contributed by atoms with E-state index in [1.165, 1.54) is 13.0 Å². The molecular weight excluding hydrogens is 224 g/mol. The molecule has 0 saturated carbocycles. The summed E-state index contributed by atoms with van der Waals surface area (Å²) in [5.74, 6) is 0.781. The van der Waals surface area contributed by atoms with Crippen LogP contribution in [0.25, 0.3) is 0 Å². The topological polar surface area (TPSA) is 35.5 Å². The van der Waals surface area contributed by atoms with Gasteiger partial charge in [0.05, 0.1) is 6.61 Å². The Kier molecular flexibility index (Phi) is 9.70. The molecule has 3 heteroatoms. The average Bonchev–Trinajstić information content (AvgIpc) is 2.37. The van der Waals surface area contributed by atoms with Gasteiger partial charge in [-0.25, -0.2) is 0 Å². The molecule has 0 amide bonds. The zero-order chi connectivity index (χ0) is 14.0. The van der Waals surface area contributed by atoms with Crippen molar-refractivity contribution in [1.82, 2.24) is 10.2 Å². The van der Waals surface area contributed by atoms with Gasteiger partial charge in [0.1, 0.15) is 0 Å². The molecule has 2 N–H and O–H groups in total. The number of aliphatic hydroxyl groups excluding tert-OH is 1. The standard InChI is InChI=1S/C15H34N2O/c1-6-14(4)12-17(8-3)11-9-10-15(5,13-18)16-7-2/h14,16,18H,6-13H2,1-5H3. The van der Waals surface area contributed by atoms with Gasteiger partial charge < -0.3 is 15.3 Å². The Balaban J connectivity index is 3.98. The molecule has 0 aromatic rings. The van der Waals surface area contributed by atoms with Crippen LogP contribution in [-0.2, 0) is 0 Å². The summed E-state index contributed by atoms with van der Waals surface area (Å²) in [5, 5.41) is 12.8. The van der Waals surface area contributed by atoms with Gasteiger partial charge in [-0.2, -0.15) is 0 Å². The summed E-state index contributed by atoms with van der Waals surface area (Å²) in [6, 6.07) is 0. The molecule has 2 atom stereocenters. The third-order valence-corrected chi connectivity index (χ3v) is 3.87. The zero-order valence-electron chi connectivity index (χ0n) is 13.1. The summed E-state index contributed by atoms with van der Waals surface area (Å²) >= 11 is 0. The largest absolute Gasteiger partial charge is 0.394 e. The van der Waals surface area contributed by atoms with Crippen molar-refractivity contribution in [3.63, 3.8) is 0 Å². The SMILES string of the molecule is CCNC(C)(CO)CCCN(CC)CC(C)CC. The molecule has 0 aromatic heterocycles. The molecule has 0 bridgehead atoms. The molecule has 18 heavy (non-hydrogen) atoms. The predicted octanol–water partition coefficient (Wildman–Crippen LogP) is 2.50. The number of likely N-dealkylation sites (N-methyl/N-ethyl adjacent to an activating group) is 1. The van der Waals surface area contributed by atoms with Gasteiger partial charge in [-0.3, -0.25) is 0 Å². The monoisotopic (exact) mass is 258 g/mol. The van der Waals surface area contributed by atoms with Gasteiger partial charge in [-0.05, 0) is 45.3 Å². The van der Waals surface area contributed by atoms with E-state index in [1.54, 1.807) is 0 Å². The third kappa shape index (κ3) is 7.34. The quantitative estimate of drug-likeness (QED) is 0.598. The highest BCUT2D eigenvalue weighted by molar-refractivity contribution is 4.81. The second-order valence-corrected chi connectivity index (χ2v) is 5.76. The first-order valence-electron chi connectivity index (χ1n) is 7.59. The van der Waals surface area contributed by atoms with Gasteiger partial charge in [0.2, 0.25) is 0 Å². The molecule has 0 fully saturated rings. The zero-order valence-corrected chi connectivity index (χ0v) is 13.1. The molecule has 0 aliphatic rings. The van der Waals surface area contributed by atoms with Gasteiger partial charge in [-0.1, -0.05) is 34.1 Å². The van der Waals surface area contributed by atoms with Crippen molar-refractivity contribution in [2.45, 2.75) is 59.4 Å². The summed E-state index contributed by atoms with van der Waals surface area (Å²) in [6.45, 7) is 15.6. The summed E-state index contributed by atoms with van der Waals surface area (Å²) in [5.41, 5.74) is -0.107. The number of hydrogen-bond donors (Lipinski definition) is 2. The van der Waals surface area contributed by atoms with E-state index in [9.17, 15) is 5.11 Å². The van der Waals surface area contributed by atoms with Crippen molar-refractivity contribution in [3.8, 4) is 0 Å². The number of rotatable bonds is 11. The molecule has 0 saturated heterocycles. The lowest BCUT2D eigenvalue weighted by Crippen LogP contribution is -2.46. The number of hydrogen-bond acceptors (Lipinski definition) is 3. The van der Waals surface area contributed by atoms with E-state index in [4.69, 9.17) is 0 Å². The maximum Gasteiger partial charge on any atom is 0.0610 e. The fourth-order valence-corrected chi connectivity index (χ4v) is 2.29. The van der Waals surface area contributed by atoms with Gasteiger partial charge in [-0.15, -0.1) is 0 Å². The Labute approximate surface area is 114 Å². The van der Waals surface area contributed by atoms with Crippen molar-refractivity contribution in [2.75, 3.05) is 32.8 Å². The van der Waals surface area contributed by atoms with Crippen LogP contribution in [0.5, 0.6) is 0 Å². The van der Waals surface area contributed by atoms with Crippen LogP contribution in [0.1, 0.15) is 53.9 Å². The normalized spacial score (nSPS) is 16.8. The third-order valence-electron chi connectivity index (χ3n) is 3.87. The molecule has 0 spiro atoms. The Morgan fingerprint density at radius 2 is 1.94 bits per heavy atom. The Bertz CT molecular complexity index is 199. The second kappa shape index (κ2) is 9.76. The minimum absolute atomic E-state index is 0.107. The highest BCUT2D eigenvalue weighted by Crippen LogP contribution is 2.13. The minimum atomic E-state index is -0.107. The highest BCUT2D eigenvalue weighted by atomic mass is 16.3. The Hall–Kier alpha value is -0.120. The lowest BCUT2D eigenvalue weighted by molar-refractivity contribution is 0.156. The van der Waals surface area contributed by atoms with Crippen molar-refractivity contribution >= 4 is 0 Å². The molecule has 0 rings (SSSR count). The van der Waals surface area contributed by atoms with E-state index in [-0.39, 0.29) is 12.1 Å². The van der Waals surface area contributed by atoms with Crippen LogP contribution in [-0.4, -0.2) is 48.3 Å². The molecular formula is C15H34N2O.